The van der Waals surface area contributed by atoms with E-state index in [9.17, 15) is 9.59 Å². The third-order valence-electron chi connectivity index (χ3n) is 3.77. The van der Waals surface area contributed by atoms with Gasteiger partial charge in [-0.25, -0.2) is 0 Å². The quantitative estimate of drug-likeness (QED) is 0.885. The predicted molar refractivity (Wildman–Crippen MR) is 78.3 cm³/mol. The second-order valence-corrected chi connectivity index (χ2v) is 5.63. The number of carbonyl (C=O) groups excluding carboxylic acids is 2. The Morgan fingerprint density at radius 1 is 1.35 bits per heavy atom. The second kappa shape index (κ2) is 6.55. The molecule has 0 bridgehead atoms. The highest BCUT2D eigenvalue weighted by atomic mass is 16.2. The molecule has 1 aromatic carbocycles. The van der Waals surface area contributed by atoms with E-state index in [0.29, 0.717) is 19.4 Å². The average Bonchev–Trinajstić information content (AvgIpc) is 2.75. The van der Waals surface area contributed by atoms with Crippen LogP contribution < -0.4 is 5.32 Å². The van der Waals surface area contributed by atoms with E-state index in [1.54, 1.807) is 4.90 Å². The number of hydrogen-bond acceptors (Lipinski definition) is 2. The van der Waals surface area contributed by atoms with Crippen molar-refractivity contribution in [2.45, 2.75) is 26.2 Å². The van der Waals surface area contributed by atoms with Crippen LogP contribution in [-0.2, 0) is 16.0 Å². The molecule has 0 aliphatic carbocycles. The standard InChI is InChI=1S/C16H22N2O2/c1-12-3-5-13(6-4-12)7-8-15(19)17-10-14-9-16(20)18(2)11-14/h3-6,14H,7-11H2,1-2H3,(H,17,19). The first-order valence-corrected chi connectivity index (χ1v) is 7.11. The molecule has 20 heavy (non-hydrogen) atoms. The number of carbonyl (C=O) groups is 2. The van der Waals surface area contributed by atoms with Crippen LogP contribution in [0.3, 0.4) is 0 Å². The summed E-state index contributed by atoms with van der Waals surface area (Å²) in [5.41, 5.74) is 2.41. The maximum absolute atomic E-state index is 11.8. The molecule has 1 aliphatic rings. The van der Waals surface area contributed by atoms with Gasteiger partial charge in [-0.05, 0) is 18.9 Å². The van der Waals surface area contributed by atoms with Gasteiger partial charge in [-0.3, -0.25) is 9.59 Å². The highest BCUT2D eigenvalue weighted by molar-refractivity contribution is 5.79. The molecule has 0 spiro atoms. The number of nitrogens with one attached hydrogen (secondary N) is 1. The zero-order valence-corrected chi connectivity index (χ0v) is 12.2. The molecule has 4 nitrogen and oxygen atoms in total. The van der Waals surface area contributed by atoms with E-state index in [1.165, 1.54) is 11.1 Å². The average molecular weight is 274 g/mol. The van der Waals surface area contributed by atoms with Crippen molar-refractivity contribution in [2.24, 2.45) is 5.92 Å². The molecule has 1 fully saturated rings. The van der Waals surface area contributed by atoms with Crippen LogP contribution in [0.5, 0.6) is 0 Å². The van der Waals surface area contributed by atoms with E-state index >= 15 is 0 Å². The molecule has 4 heteroatoms. The Hall–Kier alpha value is -1.84. The van der Waals surface area contributed by atoms with E-state index in [1.807, 2.05) is 7.05 Å². The van der Waals surface area contributed by atoms with Crippen LogP contribution in [0.4, 0.5) is 0 Å². The summed E-state index contributed by atoms with van der Waals surface area (Å²) in [7, 11) is 1.81. The molecule has 2 amide bonds. The lowest BCUT2D eigenvalue weighted by Crippen LogP contribution is -2.30. The molecule has 2 rings (SSSR count). The highest BCUT2D eigenvalue weighted by Gasteiger charge is 2.26. The van der Waals surface area contributed by atoms with E-state index in [2.05, 4.69) is 36.5 Å². The Morgan fingerprint density at radius 2 is 2.05 bits per heavy atom. The maximum Gasteiger partial charge on any atom is 0.222 e. The fourth-order valence-electron chi connectivity index (χ4n) is 2.45. The molecule has 1 heterocycles. The van der Waals surface area contributed by atoms with Crippen molar-refractivity contribution in [3.8, 4) is 0 Å². The maximum atomic E-state index is 11.8. The Morgan fingerprint density at radius 3 is 2.65 bits per heavy atom. The lowest BCUT2D eigenvalue weighted by Gasteiger charge is -2.11. The summed E-state index contributed by atoms with van der Waals surface area (Å²) >= 11 is 0. The van der Waals surface area contributed by atoms with Gasteiger partial charge in [-0.15, -0.1) is 0 Å². The fourth-order valence-corrected chi connectivity index (χ4v) is 2.45. The van der Waals surface area contributed by atoms with Crippen LogP contribution in [-0.4, -0.2) is 36.9 Å². The zero-order valence-electron chi connectivity index (χ0n) is 12.2. The number of likely N-dealkylation sites (tertiary alicyclic amines) is 1. The molecule has 1 aliphatic heterocycles. The minimum Gasteiger partial charge on any atom is -0.356 e. The number of benzene rings is 1. The van der Waals surface area contributed by atoms with E-state index in [-0.39, 0.29) is 17.7 Å². The summed E-state index contributed by atoms with van der Waals surface area (Å²) in [4.78, 5) is 24.9. The second-order valence-electron chi connectivity index (χ2n) is 5.63. The summed E-state index contributed by atoms with van der Waals surface area (Å²) in [6.45, 7) is 3.40. The lowest BCUT2D eigenvalue weighted by atomic mass is 10.1. The Bertz CT molecular complexity index is 482. The van der Waals surface area contributed by atoms with Crippen molar-refractivity contribution in [3.63, 3.8) is 0 Å². The molecule has 108 valence electrons. The van der Waals surface area contributed by atoms with Crippen LogP contribution in [0.2, 0.25) is 0 Å². The number of hydrogen-bond donors (Lipinski definition) is 1. The van der Waals surface area contributed by atoms with Crippen LogP contribution in [0.15, 0.2) is 24.3 Å². The normalized spacial score (nSPS) is 18.4. The monoisotopic (exact) mass is 274 g/mol. The first-order chi connectivity index (χ1) is 9.54. The molecule has 1 saturated heterocycles. The predicted octanol–water partition coefficient (Wildman–Crippen LogP) is 1.52. The van der Waals surface area contributed by atoms with E-state index < -0.39 is 0 Å². The van der Waals surface area contributed by atoms with Crippen molar-refractivity contribution in [3.05, 3.63) is 35.4 Å². The zero-order chi connectivity index (χ0) is 14.5. The molecule has 0 radical (unpaired) electrons. The van der Waals surface area contributed by atoms with E-state index in [0.717, 1.165) is 13.0 Å². The smallest absolute Gasteiger partial charge is 0.222 e. The minimum absolute atomic E-state index is 0.0626. The van der Waals surface area contributed by atoms with Crippen molar-refractivity contribution in [1.82, 2.24) is 10.2 Å². The summed E-state index contributed by atoms with van der Waals surface area (Å²) in [6, 6.07) is 8.25. The van der Waals surface area contributed by atoms with Gasteiger partial charge in [0.05, 0.1) is 0 Å². The van der Waals surface area contributed by atoms with Gasteiger partial charge in [-0.1, -0.05) is 29.8 Å². The van der Waals surface area contributed by atoms with Crippen molar-refractivity contribution in [2.75, 3.05) is 20.1 Å². The van der Waals surface area contributed by atoms with Gasteiger partial charge in [-0.2, -0.15) is 0 Å². The van der Waals surface area contributed by atoms with Crippen molar-refractivity contribution in [1.29, 1.82) is 0 Å². The SMILES string of the molecule is Cc1ccc(CCC(=O)NCC2CC(=O)N(C)C2)cc1. The number of amides is 2. The van der Waals surface area contributed by atoms with Gasteiger partial charge in [0.1, 0.15) is 0 Å². The molecule has 1 aromatic rings. The summed E-state index contributed by atoms with van der Waals surface area (Å²) in [5, 5.41) is 2.93. The summed E-state index contributed by atoms with van der Waals surface area (Å²) < 4.78 is 0. The lowest BCUT2D eigenvalue weighted by molar-refractivity contribution is -0.126. The van der Waals surface area contributed by atoms with Crippen molar-refractivity contribution < 1.29 is 9.59 Å². The van der Waals surface area contributed by atoms with Gasteiger partial charge < -0.3 is 10.2 Å². The Kier molecular flexibility index (Phi) is 4.77. The topological polar surface area (TPSA) is 49.4 Å². The van der Waals surface area contributed by atoms with Crippen LogP contribution >= 0.6 is 0 Å². The van der Waals surface area contributed by atoms with Gasteiger partial charge in [0.15, 0.2) is 0 Å². The molecule has 0 saturated carbocycles. The largest absolute Gasteiger partial charge is 0.356 e. The number of aryl methyl sites for hydroxylation is 2. The van der Waals surface area contributed by atoms with Crippen LogP contribution in [0.25, 0.3) is 0 Å². The van der Waals surface area contributed by atoms with Crippen LogP contribution in [0, 0.1) is 12.8 Å². The molecular formula is C16H22N2O2. The third kappa shape index (κ3) is 4.08. The number of nitrogens with zero attached hydrogens (tertiary/aromatic N) is 1. The van der Waals surface area contributed by atoms with Gasteiger partial charge in [0, 0.05) is 38.9 Å². The van der Waals surface area contributed by atoms with Crippen molar-refractivity contribution >= 4 is 11.8 Å². The molecule has 1 N–H and O–H groups in total. The minimum atomic E-state index is 0.0626. The molecule has 1 atom stereocenters. The molecular weight excluding hydrogens is 252 g/mol. The molecule has 0 aromatic heterocycles. The van der Waals surface area contributed by atoms with E-state index in [4.69, 9.17) is 0 Å². The number of rotatable bonds is 5. The summed E-state index contributed by atoms with van der Waals surface area (Å²) in [6.07, 6.45) is 1.81. The van der Waals surface area contributed by atoms with Crippen LogP contribution in [0.1, 0.15) is 24.0 Å². The summed E-state index contributed by atoms with van der Waals surface area (Å²) in [5.74, 6) is 0.493. The van der Waals surface area contributed by atoms with Gasteiger partial charge >= 0.3 is 0 Å². The Labute approximate surface area is 120 Å². The molecule has 1 unspecified atom stereocenters. The first-order valence-electron chi connectivity index (χ1n) is 7.11. The first kappa shape index (κ1) is 14.6. The van der Waals surface area contributed by atoms with Gasteiger partial charge in [0.2, 0.25) is 11.8 Å². The third-order valence-corrected chi connectivity index (χ3v) is 3.77. The Balaban J connectivity index is 1.68. The fraction of sp³-hybridized carbons (Fsp3) is 0.500. The highest BCUT2D eigenvalue weighted by Crippen LogP contribution is 2.14. The van der Waals surface area contributed by atoms with Gasteiger partial charge in [0.25, 0.3) is 0 Å².